The molecule has 10 heteroatoms. The first kappa shape index (κ1) is 16.5. The minimum absolute atomic E-state index is 0.0901. The van der Waals surface area contributed by atoms with E-state index in [4.69, 9.17) is 0 Å². The van der Waals surface area contributed by atoms with Crippen molar-refractivity contribution in [2.24, 2.45) is 0 Å². The van der Waals surface area contributed by atoms with Crippen molar-refractivity contribution in [2.75, 3.05) is 11.5 Å². The van der Waals surface area contributed by atoms with Gasteiger partial charge in [-0.05, 0) is 25.5 Å². The number of rotatable bonds is 2. The summed E-state index contributed by atoms with van der Waals surface area (Å²) in [6.07, 6.45) is -4.54. The van der Waals surface area contributed by atoms with Crippen LogP contribution in [0.1, 0.15) is 29.4 Å². The first-order valence-corrected chi connectivity index (χ1v) is 8.08. The number of alkyl halides is 3. The fraction of sp³-hybridized carbons (Fsp3) is 0.500. The van der Waals surface area contributed by atoms with Crippen molar-refractivity contribution in [3.63, 3.8) is 0 Å². The summed E-state index contributed by atoms with van der Waals surface area (Å²) in [5, 5.41) is 2.41. The van der Waals surface area contributed by atoms with E-state index in [2.05, 4.69) is 5.32 Å². The second kappa shape index (κ2) is 5.11. The molecule has 0 spiro atoms. The van der Waals surface area contributed by atoms with Crippen molar-refractivity contribution in [3.8, 4) is 0 Å². The van der Waals surface area contributed by atoms with Gasteiger partial charge in [-0.15, -0.1) is 0 Å². The Morgan fingerprint density at radius 1 is 1.36 bits per heavy atom. The number of aromatic nitrogens is 1. The number of halogens is 3. The van der Waals surface area contributed by atoms with Crippen LogP contribution < -0.4 is 10.9 Å². The minimum Gasteiger partial charge on any atom is -0.346 e. The molecule has 6 nitrogen and oxygen atoms in total. The number of carbonyl (C=O) groups is 1. The molecule has 1 amide bonds. The first-order valence-electron chi connectivity index (χ1n) is 6.25. The number of carbonyl (C=O) groups excluding carboxylic acids is 1. The van der Waals surface area contributed by atoms with Crippen LogP contribution in [-0.2, 0) is 16.0 Å². The Balaban J connectivity index is 2.23. The maximum absolute atomic E-state index is 12.4. The number of hydrogen-bond donors (Lipinski definition) is 2. The average Bonchev–Trinajstić information content (AvgIpc) is 2.61. The molecule has 1 saturated heterocycles. The predicted molar refractivity (Wildman–Crippen MR) is 71.2 cm³/mol. The summed E-state index contributed by atoms with van der Waals surface area (Å²) in [4.78, 5) is 25.2. The normalized spacial score (nSPS) is 24.2. The minimum atomic E-state index is -4.72. The van der Waals surface area contributed by atoms with E-state index >= 15 is 0 Å². The Kier molecular flexibility index (Phi) is 3.84. The van der Waals surface area contributed by atoms with Gasteiger partial charge in [-0.3, -0.25) is 9.59 Å². The van der Waals surface area contributed by atoms with Gasteiger partial charge in [-0.1, -0.05) is 0 Å². The van der Waals surface area contributed by atoms with Gasteiger partial charge in [0.05, 0.1) is 17.0 Å². The molecule has 2 rings (SSSR count). The van der Waals surface area contributed by atoms with Gasteiger partial charge in [0, 0.05) is 0 Å². The van der Waals surface area contributed by atoms with Crippen LogP contribution in [0.25, 0.3) is 0 Å². The molecule has 0 unspecified atom stereocenters. The maximum Gasteiger partial charge on any atom is 0.431 e. The zero-order chi connectivity index (χ0) is 16.8. The molecule has 1 aliphatic heterocycles. The van der Waals surface area contributed by atoms with Gasteiger partial charge >= 0.3 is 6.18 Å². The lowest BCUT2D eigenvalue weighted by atomic mass is 10.0. The molecule has 1 fully saturated rings. The molecular formula is C12H13F3N2O4S. The molecule has 22 heavy (non-hydrogen) atoms. The molecule has 1 aliphatic rings. The molecular weight excluding hydrogens is 325 g/mol. The molecule has 2 N–H and O–H groups in total. The number of amides is 1. The van der Waals surface area contributed by atoms with E-state index in [0.717, 1.165) is 6.07 Å². The average molecular weight is 338 g/mol. The monoisotopic (exact) mass is 338 g/mol. The van der Waals surface area contributed by atoms with E-state index in [1.807, 2.05) is 0 Å². The SMILES string of the molecule is C[C@]1(NC(=O)c2ccc(C(F)(F)F)[nH]c2=O)CCS(=O)(=O)C1. The van der Waals surface area contributed by atoms with Crippen molar-refractivity contribution in [1.29, 1.82) is 0 Å². The zero-order valence-electron chi connectivity index (χ0n) is 11.5. The Hall–Kier alpha value is -1.84. The van der Waals surface area contributed by atoms with Crippen LogP contribution in [0.4, 0.5) is 13.2 Å². The quantitative estimate of drug-likeness (QED) is 0.830. The summed E-state index contributed by atoms with van der Waals surface area (Å²) in [6.45, 7) is 1.51. The Morgan fingerprint density at radius 3 is 2.45 bits per heavy atom. The second-order valence-corrected chi connectivity index (χ2v) is 7.65. The van der Waals surface area contributed by atoms with Crippen LogP contribution in [0.15, 0.2) is 16.9 Å². The van der Waals surface area contributed by atoms with Gasteiger partial charge in [0.2, 0.25) is 0 Å². The molecule has 0 radical (unpaired) electrons. The van der Waals surface area contributed by atoms with Crippen LogP contribution in [0.3, 0.4) is 0 Å². The van der Waals surface area contributed by atoms with Gasteiger partial charge in [0.15, 0.2) is 9.84 Å². The van der Waals surface area contributed by atoms with E-state index in [0.29, 0.717) is 6.07 Å². The van der Waals surface area contributed by atoms with Crippen LogP contribution in [-0.4, -0.2) is 36.4 Å². The highest BCUT2D eigenvalue weighted by Crippen LogP contribution is 2.27. The van der Waals surface area contributed by atoms with E-state index in [1.165, 1.54) is 6.92 Å². The van der Waals surface area contributed by atoms with Crippen molar-refractivity contribution in [2.45, 2.75) is 25.1 Å². The molecule has 0 bridgehead atoms. The summed E-state index contributed by atoms with van der Waals surface area (Å²) in [5.74, 6) is -1.27. The third-order valence-corrected chi connectivity index (χ3v) is 5.28. The molecule has 1 aromatic rings. The van der Waals surface area contributed by atoms with Gasteiger partial charge in [0.25, 0.3) is 11.5 Å². The van der Waals surface area contributed by atoms with Gasteiger partial charge < -0.3 is 10.3 Å². The highest BCUT2D eigenvalue weighted by atomic mass is 32.2. The summed E-state index contributed by atoms with van der Waals surface area (Å²) in [5.41, 5.74) is -3.98. The molecule has 0 saturated carbocycles. The third-order valence-electron chi connectivity index (χ3n) is 3.38. The van der Waals surface area contributed by atoms with Crippen molar-refractivity contribution >= 4 is 15.7 Å². The highest BCUT2D eigenvalue weighted by Gasteiger charge is 2.40. The van der Waals surface area contributed by atoms with Gasteiger partial charge in [-0.2, -0.15) is 13.2 Å². The lowest BCUT2D eigenvalue weighted by Gasteiger charge is -2.23. The number of nitrogens with one attached hydrogen (secondary N) is 2. The van der Waals surface area contributed by atoms with E-state index in [-0.39, 0.29) is 17.9 Å². The Morgan fingerprint density at radius 2 is 2.00 bits per heavy atom. The molecule has 2 heterocycles. The summed E-state index contributed by atoms with van der Waals surface area (Å²) < 4.78 is 60.2. The van der Waals surface area contributed by atoms with E-state index < -0.39 is 44.3 Å². The summed E-state index contributed by atoms with van der Waals surface area (Å²) >= 11 is 0. The van der Waals surface area contributed by atoms with Gasteiger partial charge in [0.1, 0.15) is 11.3 Å². The largest absolute Gasteiger partial charge is 0.431 e. The number of pyridine rings is 1. The maximum atomic E-state index is 12.4. The molecule has 122 valence electrons. The van der Waals surface area contributed by atoms with E-state index in [1.54, 1.807) is 4.98 Å². The van der Waals surface area contributed by atoms with Crippen LogP contribution in [0.2, 0.25) is 0 Å². The first-order chi connectivity index (χ1) is 9.92. The summed E-state index contributed by atoms with van der Waals surface area (Å²) in [7, 11) is -3.27. The smallest absolute Gasteiger partial charge is 0.346 e. The third kappa shape index (κ3) is 3.49. The van der Waals surface area contributed by atoms with Gasteiger partial charge in [-0.25, -0.2) is 8.42 Å². The topological polar surface area (TPSA) is 96.1 Å². The van der Waals surface area contributed by atoms with Crippen molar-refractivity contribution in [3.05, 3.63) is 33.7 Å². The number of hydrogen-bond acceptors (Lipinski definition) is 4. The van der Waals surface area contributed by atoms with E-state index in [9.17, 15) is 31.2 Å². The van der Waals surface area contributed by atoms with Crippen LogP contribution >= 0.6 is 0 Å². The summed E-state index contributed by atoms with van der Waals surface area (Å²) in [6, 6.07) is 1.35. The number of H-pyrrole nitrogens is 1. The predicted octanol–water partition coefficient (Wildman–Crippen LogP) is 0.701. The molecule has 1 aromatic heterocycles. The Labute approximate surface area is 123 Å². The number of aromatic amines is 1. The van der Waals surface area contributed by atoms with Crippen molar-refractivity contribution in [1.82, 2.24) is 10.3 Å². The fourth-order valence-electron chi connectivity index (χ4n) is 2.27. The lowest BCUT2D eigenvalue weighted by Crippen LogP contribution is -2.48. The molecule has 0 aromatic carbocycles. The lowest BCUT2D eigenvalue weighted by molar-refractivity contribution is -0.141. The zero-order valence-corrected chi connectivity index (χ0v) is 12.3. The highest BCUT2D eigenvalue weighted by molar-refractivity contribution is 7.91. The Bertz CT molecular complexity index is 769. The molecule has 1 atom stereocenters. The second-order valence-electron chi connectivity index (χ2n) is 5.47. The fourth-order valence-corrected chi connectivity index (χ4v) is 4.36. The van der Waals surface area contributed by atoms with Crippen LogP contribution in [0, 0.1) is 0 Å². The van der Waals surface area contributed by atoms with Crippen LogP contribution in [0.5, 0.6) is 0 Å². The standard InChI is InChI=1S/C12H13F3N2O4S/c1-11(4-5-22(20,21)6-11)17-10(19)7-2-3-8(12(13,14)15)16-9(7)18/h2-3H,4-6H2,1H3,(H,16,18)(H,17,19)/t11-/m0/s1. The molecule has 0 aliphatic carbocycles. The number of sulfone groups is 1. The van der Waals surface area contributed by atoms with Crippen molar-refractivity contribution < 1.29 is 26.4 Å².